The molecule has 116 valence electrons. The van der Waals surface area contributed by atoms with E-state index < -0.39 is 0 Å². The summed E-state index contributed by atoms with van der Waals surface area (Å²) in [5, 5.41) is 18.9. The molecule has 1 N–H and O–H groups in total. The number of phenolic OH excluding ortho intramolecular Hbond substituents is 1. The number of aromatic nitrogens is 2. The molecule has 0 spiro atoms. The summed E-state index contributed by atoms with van der Waals surface area (Å²) < 4.78 is 11.0. The summed E-state index contributed by atoms with van der Waals surface area (Å²) in [5.74, 6) is 0.103. The van der Waals surface area contributed by atoms with Crippen LogP contribution in [0.4, 0.5) is 0 Å². The Bertz CT molecular complexity index is 632. The monoisotopic (exact) mass is 320 g/mol. The Morgan fingerprint density at radius 2 is 2.23 bits per heavy atom. The molecule has 6 heteroatoms. The van der Waals surface area contributed by atoms with E-state index in [2.05, 4.69) is 10.2 Å². The van der Waals surface area contributed by atoms with Crippen molar-refractivity contribution < 1.29 is 14.6 Å². The van der Waals surface area contributed by atoms with Crippen LogP contribution in [0.2, 0.25) is 5.02 Å². The van der Waals surface area contributed by atoms with Crippen LogP contribution in [0.1, 0.15) is 17.7 Å². The highest BCUT2D eigenvalue weighted by Gasteiger charge is 2.16. The summed E-state index contributed by atoms with van der Waals surface area (Å²) in [5.41, 5.74) is 2.86. The second-order valence-corrected chi connectivity index (χ2v) is 5.76. The van der Waals surface area contributed by atoms with Crippen molar-refractivity contribution in [3.05, 3.63) is 40.5 Å². The number of aromatic hydroxyl groups is 1. The molecule has 1 aromatic carbocycles. The predicted octanol–water partition coefficient (Wildman–Crippen LogP) is 3.12. The number of halogens is 1. The molecule has 0 saturated carbocycles. The third kappa shape index (κ3) is 3.38. The maximum absolute atomic E-state index is 10.1. The van der Waals surface area contributed by atoms with Gasteiger partial charge < -0.3 is 14.6 Å². The van der Waals surface area contributed by atoms with Crippen molar-refractivity contribution in [1.29, 1.82) is 0 Å². The minimum absolute atomic E-state index is 0.103. The Balaban J connectivity index is 1.74. The molecule has 0 unspecified atom stereocenters. The number of benzene rings is 1. The number of hydrogen-bond acceptors (Lipinski definition) is 5. The van der Waals surface area contributed by atoms with Crippen molar-refractivity contribution in [2.24, 2.45) is 0 Å². The van der Waals surface area contributed by atoms with Crippen LogP contribution in [0.25, 0.3) is 11.3 Å². The van der Waals surface area contributed by atoms with E-state index in [0.717, 1.165) is 24.3 Å². The van der Waals surface area contributed by atoms with Gasteiger partial charge in [-0.15, -0.1) is 0 Å². The lowest BCUT2D eigenvalue weighted by atomic mass is 10.0. The van der Waals surface area contributed by atoms with E-state index in [-0.39, 0.29) is 11.9 Å². The molecule has 1 fully saturated rings. The molecule has 2 heterocycles. The SMILES string of the molecule is Cc1cc(Cl)cc(O)c1-c1ccc(CO[C@@H]2CCOC2)nn1. The summed E-state index contributed by atoms with van der Waals surface area (Å²) in [6, 6.07) is 6.97. The minimum Gasteiger partial charge on any atom is -0.507 e. The minimum atomic E-state index is 0.103. The summed E-state index contributed by atoms with van der Waals surface area (Å²) in [4.78, 5) is 0. The second-order valence-electron chi connectivity index (χ2n) is 5.32. The van der Waals surface area contributed by atoms with Crippen molar-refractivity contribution in [2.75, 3.05) is 13.2 Å². The molecular formula is C16H17ClN2O3. The molecule has 5 nitrogen and oxygen atoms in total. The van der Waals surface area contributed by atoms with Gasteiger partial charge in [0.1, 0.15) is 5.75 Å². The van der Waals surface area contributed by atoms with Crippen LogP contribution < -0.4 is 0 Å². The first-order valence-corrected chi connectivity index (χ1v) is 7.52. The van der Waals surface area contributed by atoms with Crippen molar-refractivity contribution in [1.82, 2.24) is 10.2 Å². The third-order valence-electron chi connectivity index (χ3n) is 3.61. The van der Waals surface area contributed by atoms with Gasteiger partial charge in [0.05, 0.1) is 30.7 Å². The normalized spacial score (nSPS) is 17.8. The van der Waals surface area contributed by atoms with Gasteiger partial charge >= 0.3 is 0 Å². The highest BCUT2D eigenvalue weighted by molar-refractivity contribution is 6.31. The first-order valence-electron chi connectivity index (χ1n) is 7.15. The Morgan fingerprint density at radius 1 is 1.36 bits per heavy atom. The van der Waals surface area contributed by atoms with E-state index in [1.54, 1.807) is 6.07 Å². The van der Waals surface area contributed by atoms with Crippen LogP contribution in [0.5, 0.6) is 5.75 Å². The van der Waals surface area contributed by atoms with Gasteiger partial charge in [0, 0.05) is 17.2 Å². The fourth-order valence-electron chi connectivity index (χ4n) is 2.48. The fourth-order valence-corrected chi connectivity index (χ4v) is 2.74. The number of phenols is 1. The lowest BCUT2D eigenvalue weighted by Gasteiger charge is -2.10. The standard InChI is InChI=1S/C16H17ClN2O3/c1-10-6-11(17)7-15(20)16(10)14-3-2-12(18-19-14)8-22-13-4-5-21-9-13/h2-3,6-7,13,20H,4-5,8-9H2,1H3/t13-/m1/s1. The Labute approximate surface area is 133 Å². The van der Waals surface area contributed by atoms with Crippen LogP contribution in [-0.2, 0) is 16.1 Å². The maximum Gasteiger partial charge on any atom is 0.126 e. The average molecular weight is 321 g/mol. The molecule has 3 rings (SSSR count). The van der Waals surface area contributed by atoms with Crippen LogP contribution >= 0.6 is 11.6 Å². The molecule has 22 heavy (non-hydrogen) atoms. The lowest BCUT2D eigenvalue weighted by Crippen LogP contribution is -2.12. The molecule has 1 atom stereocenters. The van der Waals surface area contributed by atoms with E-state index >= 15 is 0 Å². The molecule has 0 bridgehead atoms. The number of hydrogen-bond donors (Lipinski definition) is 1. The number of aryl methyl sites for hydroxylation is 1. The van der Waals surface area contributed by atoms with Crippen LogP contribution in [-0.4, -0.2) is 34.6 Å². The lowest BCUT2D eigenvalue weighted by molar-refractivity contribution is 0.0298. The summed E-state index contributed by atoms with van der Waals surface area (Å²) >= 11 is 5.92. The number of nitrogens with zero attached hydrogens (tertiary/aromatic N) is 2. The third-order valence-corrected chi connectivity index (χ3v) is 3.83. The van der Waals surface area contributed by atoms with Gasteiger partial charge in [-0.2, -0.15) is 10.2 Å². The van der Waals surface area contributed by atoms with E-state index in [4.69, 9.17) is 21.1 Å². The Hall–Kier alpha value is -1.69. The van der Waals surface area contributed by atoms with Crippen molar-refractivity contribution in [3.8, 4) is 17.0 Å². The summed E-state index contributed by atoms with van der Waals surface area (Å²) in [6.07, 6.45) is 1.06. The molecule has 0 amide bonds. The van der Waals surface area contributed by atoms with Gasteiger partial charge in [0.25, 0.3) is 0 Å². The van der Waals surface area contributed by atoms with Gasteiger partial charge in [0.2, 0.25) is 0 Å². The van der Waals surface area contributed by atoms with Crippen LogP contribution in [0, 0.1) is 6.92 Å². The van der Waals surface area contributed by atoms with Crippen molar-refractivity contribution in [2.45, 2.75) is 26.1 Å². The highest BCUT2D eigenvalue weighted by atomic mass is 35.5. The maximum atomic E-state index is 10.1. The molecular weight excluding hydrogens is 304 g/mol. The van der Waals surface area contributed by atoms with E-state index in [0.29, 0.717) is 29.5 Å². The molecule has 0 aliphatic carbocycles. The van der Waals surface area contributed by atoms with Crippen LogP contribution in [0.15, 0.2) is 24.3 Å². The molecule has 1 aliphatic heterocycles. The van der Waals surface area contributed by atoms with Gasteiger partial charge in [-0.1, -0.05) is 11.6 Å². The molecule has 2 aromatic rings. The molecule has 1 saturated heterocycles. The van der Waals surface area contributed by atoms with E-state index in [1.165, 1.54) is 6.07 Å². The summed E-state index contributed by atoms with van der Waals surface area (Å²) in [7, 11) is 0. The van der Waals surface area contributed by atoms with E-state index in [1.807, 2.05) is 19.1 Å². The van der Waals surface area contributed by atoms with Crippen molar-refractivity contribution >= 4 is 11.6 Å². The highest BCUT2D eigenvalue weighted by Crippen LogP contribution is 2.33. The quantitative estimate of drug-likeness (QED) is 0.937. The van der Waals surface area contributed by atoms with Crippen LogP contribution in [0.3, 0.4) is 0 Å². The zero-order valence-corrected chi connectivity index (χ0v) is 13.0. The van der Waals surface area contributed by atoms with Crippen molar-refractivity contribution in [3.63, 3.8) is 0 Å². The average Bonchev–Trinajstić information content (AvgIpc) is 2.98. The fraction of sp³-hybridized carbons (Fsp3) is 0.375. The molecule has 1 aromatic heterocycles. The Kier molecular flexibility index (Phi) is 4.57. The first kappa shape index (κ1) is 15.2. The largest absolute Gasteiger partial charge is 0.507 e. The zero-order valence-electron chi connectivity index (χ0n) is 12.3. The second kappa shape index (κ2) is 6.60. The number of rotatable bonds is 4. The van der Waals surface area contributed by atoms with Gasteiger partial charge in [0.15, 0.2) is 0 Å². The van der Waals surface area contributed by atoms with Gasteiger partial charge in [-0.25, -0.2) is 0 Å². The smallest absolute Gasteiger partial charge is 0.126 e. The summed E-state index contributed by atoms with van der Waals surface area (Å²) in [6.45, 7) is 3.68. The Morgan fingerprint density at radius 3 is 2.86 bits per heavy atom. The molecule has 1 aliphatic rings. The first-order chi connectivity index (χ1) is 10.6. The van der Waals surface area contributed by atoms with Gasteiger partial charge in [-0.3, -0.25) is 0 Å². The molecule has 0 radical (unpaired) electrons. The zero-order chi connectivity index (χ0) is 15.5. The van der Waals surface area contributed by atoms with Gasteiger partial charge in [-0.05, 0) is 43.2 Å². The van der Waals surface area contributed by atoms with E-state index in [9.17, 15) is 5.11 Å². The topological polar surface area (TPSA) is 64.5 Å². The predicted molar refractivity (Wildman–Crippen MR) is 82.9 cm³/mol. The number of ether oxygens (including phenoxy) is 2.